The van der Waals surface area contributed by atoms with Crippen molar-refractivity contribution >= 4 is 23.2 Å². The highest BCUT2D eigenvalue weighted by Crippen LogP contribution is 2.18. The van der Waals surface area contributed by atoms with E-state index in [1.807, 2.05) is 4.90 Å². The van der Waals surface area contributed by atoms with Gasteiger partial charge in [-0.05, 0) is 18.2 Å². The first kappa shape index (κ1) is 11.2. The van der Waals surface area contributed by atoms with E-state index in [-0.39, 0.29) is 5.91 Å². The Morgan fingerprint density at radius 3 is 2.62 bits per heavy atom. The quantitative estimate of drug-likeness (QED) is 0.718. The van der Waals surface area contributed by atoms with Gasteiger partial charge in [-0.15, -0.1) is 0 Å². The second-order valence-electron chi connectivity index (χ2n) is 3.82. The summed E-state index contributed by atoms with van der Waals surface area (Å²) in [5, 5.41) is 3.70. The lowest BCUT2D eigenvalue weighted by atomic mass is 10.1. The Balaban J connectivity index is 2.19. The highest BCUT2D eigenvalue weighted by atomic mass is 35.5. The van der Waals surface area contributed by atoms with Crippen LogP contribution in [0.4, 0.5) is 5.69 Å². The zero-order valence-electron chi connectivity index (χ0n) is 8.87. The van der Waals surface area contributed by atoms with Gasteiger partial charge < -0.3 is 16.0 Å². The van der Waals surface area contributed by atoms with Gasteiger partial charge in [0.1, 0.15) is 0 Å². The van der Waals surface area contributed by atoms with Gasteiger partial charge in [-0.1, -0.05) is 11.6 Å². The van der Waals surface area contributed by atoms with Gasteiger partial charge >= 0.3 is 0 Å². The number of hydrogen-bond acceptors (Lipinski definition) is 3. The molecule has 1 aliphatic rings. The van der Waals surface area contributed by atoms with Crippen LogP contribution in [-0.4, -0.2) is 37.0 Å². The number of nitrogens with two attached hydrogens (primary N) is 1. The maximum Gasteiger partial charge on any atom is 0.254 e. The first-order valence-corrected chi connectivity index (χ1v) is 5.60. The van der Waals surface area contributed by atoms with Crippen molar-refractivity contribution in [2.45, 2.75) is 0 Å². The van der Waals surface area contributed by atoms with E-state index in [2.05, 4.69) is 5.32 Å². The predicted molar refractivity (Wildman–Crippen MR) is 64.6 cm³/mol. The third-order valence-corrected chi connectivity index (χ3v) is 2.79. The molecule has 1 saturated heterocycles. The number of benzene rings is 1. The van der Waals surface area contributed by atoms with Gasteiger partial charge in [-0.3, -0.25) is 4.79 Å². The van der Waals surface area contributed by atoms with Crippen molar-refractivity contribution in [3.05, 3.63) is 28.8 Å². The highest BCUT2D eigenvalue weighted by Gasteiger charge is 2.18. The van der Waals surface area contributed by atoms with Crippen molar-refractivity contribution in [2.24, 2.45) is 0 Å². The smallest absolute Gasteiger partial charge is 0.254 e. The summed E-state index contributed by atoms with van der Waals surface area (Å²) in [6.07, 6.45) is 0. The Morgan fingerprint density at radius 1 is 1.31 bits per heavy atom. The van der Waals surface area contributed by atoms with Crippen LogP contribution in [0, 0.1) is 0 Å². The molecule has 1 heterocycles. The molecule has 16 heavy (non-hydrogen) atoms. The molecule has 1 aromatic carbocycles. The van der Waals surface area contributed by atoms with Crippen LogP contribution < -0.4 is 11.1 Å². The highest BCUT2D eigenvalue weighted by molar-refractivity contribution is 6.31. The minimum atomic E-state index is -0.00398. The van der Waals surface area contributed by atoms with E-state index in [4.69, 9.17) is 17.3 Å². The zero-order valence-corrected chi connectivity index (χ0v) is 9.63. The molecule has 3 N–H and O–H groups in total. The fourth-order valence-electron chi connectivity index (χ4n) is 1.79. The zero-order chi connectivity index (χ0) is 11.5. The van der Waals surface area contributed by atoms with Gasteiger partial charge in [-0.2, -0.15) is 0 Å². The van der Waals surface area contributed by atoms with E-state index in [0.717, 1.165) is 26.2 Å². The van der Waals surface area contributed by atoms with E-state index in [1.165, 1.54) is 0 Å². The first-order chi connectivity index (χ1) is 7.66. The summed E-state index contributed by atoms with van der Waals surface area (Å²) >= 11 is 5.87. The van der Waals surface area contributed by atoms with Gasteiger partial charge in [0.05, 0.1) is 0 Å². The predicted octanol–water partition coefficient (Wildman–Crippen LogP) is 0.968. The molecule has 1 fully saturated rings. The van der Waals surface area contributed by atoms with Gasteiger partial charge in [0.2, 0.25) is 0 Å². The Morgan fingerprint density at radius 2 is 2.00 bits per heavy atom. The maximum absolute atomic E-state index is 12.1. The summed E-state index contributed by atoms with van der Waals surface area (Å²) in [5.74, 6) is -0.00398. The van der Waals surface area contributed by atoms with Crippen LogP contribution in [0.15, 0.2) is 18.2 Å². The molecular weight excluding hydrogens is 226 g/mol. The molecule has 0 bridgehead atoms. The number of nitrogens with one attached hydrogen (secondary N) is 1. The Bertz CT molecular complexity index is 382. The van der Waals surface area contributed by atoms with Crippen molar-refractivity contribution < 1.29 is 4.79 Å². The monoisotopic (exact) mass is 239 g/mol. The van der Waals surface area contributed by atoms with Crippen LogP contribution in [0.2, 0.25) is 5.02 Å². The van der Waals surface area contributed by atoms with Crippen molar-refractivity contribution in [3.63, 3.8) is 0 Å². The summed E-state index contributed by atoms with van der Waals surface area (Å²) in [6.45, 7) is 3.13. The minimum Gasteiger partial charge on any atom is -0.399 e. The summed E-state index contributed by atoms with van der Waals surface area (Å²) in [5.41, 5.74) is 6.74. The van der Waals surface area contributed by atoms with E-state index in [9.17, 15) is 4.79 Å². The lowest BCUT2D eigenvalue weighted by Gasteiger charge is -2.27. The molecule has 4 nitrogen and oxygen atoms in total. The number of anilines is 1. The minimum absolute atomic E-state index is 0.00398. The van der Waals surface area contributed by atoms with E-state index in [1.54, 1.807) is 18.2 Å². The van der Waals surface area contributed by atoms with Gasteiger partial charge in [0, 0.05) is 42.5 Å². The van der Waals surface area contributed by atoms with E-state index < -0.39 is 0 Å². The third kappa shape index (κ3) is 2.46. The molecule has 1 aromatic rings. The van der Waals surface area contributed by atoms with Gasteiger partial charge in [-0.25, -0.2) is 0 Å². The van der Waals surface area contributed by atoms with Crippen molar-refractivity contribution in [1.82, 2.24) is 10.2 Å². The van der Waals surface area contributed by atoms with Crippen LogP contribution in [0.1, 0.15) is 10.4 Å². The molecule has 0 saturated carbocycles. The standard InChI is InChI=1S/C11H14ClN3O/c12-9-5-8(6-10(13)7-9)11(16)15-3-1-14-2-4-15/h5-7,14H,1-4,13H2. The number of hydrogen-bond donors (Lipinski definition) is 2. The lowest BCUT2D eigenvalue weighted by Crippen LogP contribution is -2.46. The molecular formula is C11H14ClN3O. The van der Waals surface area contributed by atoms with Crippen LogP contribution in [0.5, 0.6) is 0 Å². The van der Waals surface area contributed by atoms with Crippen LogP contribution >= 0.6 is 11.6 Å². The fraction of sp³-hybridized carbons (Fsp3) is 0.364. The molecule has 0 aromatic heterocycles. The average molecular weight is 240 g/mol. The van der Waals surface area contributed by atoms with Crippen LogP contribution in [0.3, 0.4) is 0 Å². The molecule has 0 aliphatic carbocycles. The number of amides is 1. The molecule has 0 spiro atoms. The summed E-state index contributed by atoms with van der Waals surface area (Å²) in [6, 6.07) is 4.95. The van der Waals surface area contributed by atoms with E-state index in [0.29, 0.717) is 16.3 Å². The molecule has 5 heteroatoms. The third-order valence-electron chi connectivity index (χ3n) is 2.57. The second-order valence-corrected chi connectivity index (χ2v) is 4.25. The Labute approximate surface area is 99.4 Å². The molecule has 2 rings (SSSR count). The number of carbonyl (C=O) groups excluding carboxylic acids is 1. The second kappa shape index (κ2) is 4.72. The number of carbonyl (C=O) groups is 1. The molecule has 1 aliphatic heterocycles. The topological polar surface area (TPSA) is 58.4 Å². The molecule has 0 radical (unpaired) electrons. The van der Waals surface area contributed by atoms with Crippen molar-refractivity contribution in [2.75, 3.05) is 31.9 Å². The van der Waals surface area contributed by atoms with Crippen molar-refractivity contribution in [3.8, 4) is 0 Å². The average Bonchev–Trinajstić information content (AvgIpc) is 2.28. The molecule has 1 amide bonds. The molecule has 0 unspecified atom stereocenters. The fourth-order valence-corrected chi connectivity index (χ4v) is 2.03. The number of nitrogen functional groups attached to an aromatic ring is 1. The number of rotatable bonds is 1. The number of halogens is 1. The first-order valence-electron chi connectivity index (χ1n) is 5.23. The van der Waals surface area contributed by atoms with Gasteiger partial charge in [0.15, 0.2) is 0 Å². The Kier molecular flexibility index (Phi) is 3.31. The van der Waals surface area contributed by atoms with E-state index >= 15 is 0 Å². The van der Waals surface area contributed by atoms with Gasteiger partial charge in [0.25, 0.3) is 5.91 Å². The maximum atomic E-state index is 12.1. The van der Waals surface area contributed by atoms with Crippen LogP contribution in [-0.2, 0) is 0 Å². The summed E-state index contributed by atoms with van der Waals surface area (Å²) < 4.78 is 0. The Hall–Kier alpha value is -1.26. The molecule has 0 atom stereocenters. The number of piperazine rings is 1. The largest absolute Gasteiger partial charge is 0.399 e. The summed E-state index contributed by atoms with van der Waals surface area (Å²) in [7, 11) is 0. The van der Waals surface area contributed by atoms with Crippen LogP contribution in [0.25, 0.3) is 0 Å². The molecule has 86 valence electrons. The summed E-state index contributed by atoms with van der Waals surface area (Å²) in [4.78, 5) is 13.9. The normalized spacial score (nSPS) is 16.2. The SMILES string of the molecule is Nc1cc(Cl)cc(C(=O)N2CCNCC2)c1. The van der Waals surface area contributed by atoms with Crippen molar-refractivity contribution in [1.29, 1.82) is 0 Å². The number of nitrogens with zero attached hydrogens (tertiary/aromatic N) is 1. The lowest BCUT2D eigenvalue weighted by molar-refractivity contribution is 0.0736.